The number of rotatable bonds is 9. The van der Waals surface area contributed by atoms with Gasteiger partial charge in [-0.1, -0.05) is 6.07 Å². The molecule has 0 unspecified atom stereocenters. The first-order chi connectivity index (χ1) is 16.6. The zero-order valence-corrected chi connectivity index (χ0v) is 20.1. The first-order valence-corrected chi connectivity index (χ1v) is 11.0. The zero-order chi connectivity index (χ0) is 25.6. The number of carbonyl (C=O) groups excluding carboxylic acids is 1. The van der Waals surface area contributed by atoms with Crippen LogP contribution < -0.4 is 25.8 Å². The van der Waals surface area contributed by atoms with Gasteiger partial charge in [-0.3, -0.25) is 4.79 Å². The number of benzene rings is 2. The van der Waals surface area contributed by atoms with Gasteiger partial charge in [-0.2, -0.15) is 0 Å². The Hall–Kier alpha value is -4.21. The summed E-state index contributed by atoms with van der Waals surface area (Å²) in [7, 11) is 0. The summed E-state index contributed by atoms with van der Waals surface area (Å²) in [4.78, 5) is 21.1. The predicted molar refractivity (Wildman–Crippen MR) is 134 cm³/mol. The molecule has 10 heteroatoms. The average molecular weight is 481 g/mol. The van der Waals surface area contributed by atoms with Crippen LogP contribution in [0.25, 0.3) is 22.3 Å². The molecule has 9 nitrogen and oxygen atoms in total. The highest BCUT2D eigenvalue weighted by atomic mass is 19.1. The highest BCUT2D eigenvalue weighted by molar-refractivity contribution is 5.94. The topological polar surface area (TPSA) is 135 Å². The summed E-state index contributed by atoms with van der Waals surface area (Å²) in [6.45, 7) is 7.54. The Kier molecular flexibility index (Phi) is 7.85. The van der Waals surface area contributed by atoms with Gasteiger partial charge in [-0.25, -0.2) is 14.4 Å². The van der Waals surface area contributed by atoms with Gasteiger partial charge in [0.25, 0.3) is 5.91 Å². The fourth-order valence-electron chi connectivity index (χ4n) is 3.23. The third-order valence-electron chi connectivity index (χ3n) is 4.65. The van der Waals surface area contributed by atoms with E-state index in [1.807, 2.05) is 27.7 Å². The summed E-state index contributed by atoms with van der Waals surface area (Å²) < 4.78 is 26.4. The third kappa shape index (κ3) is 6.44. The molecule has 2 aromatic carbocycles. The Morgan fingerprint density at radius 1 is 1.20 bits per heavy atom. The van der Waals surface area contributed by atoms with Crippen molar-refractivity contribution in [3.8, 4) is 22.9 Å². The minimum absolute atomic E-state index is 0.0886. The number of halogens is 1. The molecule has 35 heavy (non-hydrogen) atoms. The number of nitrogens with zero attached hydrogens (tertiary/aromatic N) is 2. The Morgan fingerprint density at radius 3 is 2.63 bits per heavy atom. The van der Waals surface area contributed by atoms with E-state index in [1.54, 1.807) is 24.3 Å². The lowest BCUT2D eigenvalue weighted by Crippen LogP contribution is -2.43. The van der Waals surface area contributed by atoms with Gasteiger partial charge < -0.3 is 31.3 Å². The molecule has 1 heterocycles. The van der Waals surface area contributed by atoms with E-state index in [1.165, 1.54) is 18.3 Å². The van der Waals surface area contributed by atoms with Crippen molar-refractivity contribution in [1.29, 1.82) is 5.41 Å². The van der Waals surface area contributed by atoms with Crippen LogP contribution in [0.1, 0.15) is 27.7 Å². The second-order valence-electron chi connectivity index (χ2n) is 8.60. The Morgan fingerprint density at radius 2 is 1.97 bits per heavy atom. The van der Waals surface area contributed by atoms with Crippen LogP contribution in [-0.4, -0.2) is 40.8 Å². The van der Waals surface area contributed by atoms with E-state index in [0.717, 1.165) is 6.21 Å². The molecule has 0 bridgehead atoms. The first kappa shape index (κ1) is 25.4. The molecule has 0 saturated carbocycles. The Balaban J connectivity index is 2.02. The van der Waals surface area contributed by atoms with Gasteiger partial charge in [0.1, 0.15) is 11.6 Å². The van der Waals surface area contributed by atoms with Crippen LogP contribution in [0.3, 0.4) is 0 Å². The molecule has 5 N–H and O–H groups in total. The fraction of sp³-hybridized carbons (Fsp3) is 0.280. The molecule has 3 aromatic rings. The molecule has 0 aliphatic heterocycles. The number of hydrogen-bond donors (Lipinski definition) is 4. The maximum absolute atomic E-state index is 15.4. The number of nitrogens with one attached hydrogen (secondary N) is 3. The number of ether oxygens (including phenoxy) is 2. The summed E-state index contributed by atoms with van der Waals surface area (Å²) in [5, 5.41) is 13.9. The lowest BCUT2D eigenvalue weighted by Gasteiger charge is -2.20. The van der Waals surface area contributed by atoms with E-state index in [4.69, 9.17) is 20.6 Å². The van der Waals surface area contributed by atoms with Crippen LogP contribution in [0.15, 0.2) is 48.3 Å². The molecule has 0 aliphatic rings. The number of aromatic nitrogens is 2. The number of hydrogen-bond acceptors (Lipinski definition) is 8. The standard InChI is InChI=1S/C25H29FN6O3/c1-5-34-16-9-10-19-18(11-16)24(29-15(12-27)13-28)31-23(30-19)17-7-6-8-20(22(17)26)35-14-21(33)32-25(2,3)4/h6-13,27H,5,14,28H2,1-4H3,(H,32,33)(H,29,30,31)/b15-13+,27-12?. The Labute approximate surface area is 203 Å². The number of carbonyl (C=O) groups is 1. The highest BCUT2D eigenvalue weighted by Crippen LogP contribution is 2.32. The maximum Gasteiger partial charge on any atom is 0.258 e. The first-order valence-electron chi connectivity index (χ1n) is 11.0. The van der Waals surface area contributed by atoms with Crippen LogP contribution in [0.5, 0.6) is 11.5 Å². The van der Waals surface area contributed by atoms with Crippen LogP contribution in [0.4, 0.5) is 10.2 Å². The molecule has 0 atom stereocenters. The van der Waals surface area contributed by atoms with Crippen molar-refractivity contribution in [2.45, 2.75) is 33.2 Å². The molecule has 0 fully saturated rings. The maximum atomic E-state index is 15.4. The smallest absolute Gasteiger partial charge is 0.258 e. The number of allylic oxidation sites excluding steroid dienone is 1. The lowest BCUT2D eigenvalue weighted by molar-refractivity contribution is -0.124. The normalized spacial score (nSPS) is 11.7. The zero-order valence-electron chi connectivity index (χ0n) is 20.1. The van der Waals surface area contributed by atoms with Crippen molar-refractivity contribution < 1.29 is 18.7 Å². The average Bonchev–Trinajstić information content (AvgIpc) is 2.81. The van der Waals surface area contributed by atoms with Gasteiger partial charge in [0, 0.05) is 23.3 Å². The molecular formula is C25H29FN6O3. The molecule has 1 aromatic heterocycles. The fourth-order valence-corrected chi connectivity index (χ4v) is 3.23. The minimum atomic E-state index is -0.700. The van der Waals surface area contributed by atoms with E-state index in [9.17, 15) is 4.79 Å². The molecule has 0 spiro atoms. The van der Waals surface area contributed by atoms with E-state index in [-0.39, 0.29) is 29.7 Å². The van der Waals surface area contributed by atoms with Gasteiger partial charge in [0.15, 0.2) is 24.0 Å². The van der Waals surface area contributed by atoms with Crippen molar-refractivity contribution >= 4 is 28.8 Å². The molecule has 3 rings (SSSR count). The molecule has 0 radical (unpaired) electrons. The molecule has 0 aliphatic carbocycles. The summed E-state index contributed by atoms with van der Waals surface area (Å²) >= 11 is 0. The van der Waals surface area contributed by atoms with E-state index < -0.39 is 11.4 Å². The molecule has 184 valence electrons. The molecule has 1 amide bonds. The second kappa shape index (κ2) is 10.8. The van der Waals surface area contributed by atoms with Gasteiger partial charge in [-0.15, -0.1) is 0 Å². The lowest BCUT2D eigenvalue weighted by atomic mass is 10.1. The van der Waals surface area contributed by atoms with E-state index in [0.29, 0.717) is 34.8 Å². The quantitative estimate of drug-likeness (QED) is 0.340. The number of fused-ring (bicyclic) bond motifs is 1. The van der Waals surface area contributed by atoms with Crippen LogP contribution in [0.2, 0.25) is 0 Å². The van der Waals surface area contributed by atoms with Crippen molar-refractivity contribution in [2.24, 2.45) is 5.73 Å². The van der Waals surface area contributed by atoms with Crippen LogP contribution in [0, 0.1) is 11.2 Å². The van der Waals surface area contributed by atoms with Crippen molar-refractivity contribution in [1.82, 2.24) is 15.3 Å². The third-order valence-corrected chi connectivity index (χ3v) is 4.65. The van der Waals surface area contributed by atoms with Crippen LogP contribution >= 0.6 is 0 Å². The summed E-state index contributed by atoms with van der Waals surface area (Å²) in [5.41, 5.74) is 6.06. The second-order valence-corrected chi connectivity index (χ2v) is 8.60. The summed E-state index contributed by atoms with van der Waals surface area (Å²) in [6.07, 6.45) is 2.27. The highest BCUT2D eigenvalue weighted by Gasteiger charge is 2.19. The van der Waals surface area contributed by atoms with Crippen molar-refractivity contribution in [3.05, 3.63) is 54.1 Å². The number of amides is 1. The molecule has 0 saturated heterocycles. The monoisotopic (exact) mass is 480 g/mol. The van der Waals surface area contributed by atoms with E-state index >= 15 is 4.39 Å². The van der Waals surface area contributed by atoms with Gasteiger partial charge in [-0.05, 0) is 58.0 Å². The number of anilines is 1. The summed E-state index contributed by atoms with van der Waals surface area (Å²) in [5.74, 6) is -0.140. The van der Waals surface area contributed by atoms with Crippen molar-refractivity contribution in [2.75, 3.05) is 18.5 Å². The van der Waals surface area contributed by atoms with Crippen molar-refractivity contribution in [3.63, 3.8) is 0 Å². The van der Waals surface area contributed by atoms with Gasteiger partial charge in [0.05, 0.1) is 23.4 Å². The van der Waals surface area contributed by atoms with Gasteiger partial charge >= 0.3 is 0 Å². The van der Waals surface area contributed by atoms with Crippen LogP contribution in [-0.2, 0) is 4.79 Å². The van der Waals surface area contributed by atoms with Gasteiger partial charge in [0.2, 0.25) is 0 Å². The Bertz CT molecular complexity index is 1270. The SMILES string of the molecule is CCOc1ccc2nc(-c3cccc(OCC(=O)NC(C)(C)C)c3F)nc(N/C(C=N)=C/N)c2c1. The van der Waals surface area contributed by atoms with E-state index in [2.05, 4.69) is 20.6 Å². The largest absolute Gasteiger partial charge is 0.494 e. The molecular weight excluding hydrogens is 451 g/mol. The minimum Gasteiger partial charge on any atom is -0.494 e. The summed E-state index contributed by atoms with van der Waals surface area (Å²) in [6, 6.07) is 9.80. The predicted octanol–water partition coefficient (Wildman–Crippen LogP) is 3.99. The number of nitrogens with two attached hydrogens (primary N) is 1.